The fourth-order valence-corrected chi connectivity index (χ4v) is 1.72. The van der Waals surface area contributed by atoms with Crippen molar-refractivity contribution >= 4 is 17.3 Å². The molecule has 6 heteroatoms. The van der Waals surface area contributed by atoms with E-state index in [9.17, 15) is 18.0 Å². The number of alkyl halides is 3. The molecule has 1 aromatic heterocycles. The van der Waals surface area contributed by atoms with Crippen LogP contribution in [0.4, 0.5) is 13.2 Å². The highest BCUT2D eigenvalue weighted by Gasteiger charge is 2.46. The minimum atomic E-state index is -4.73. The third kappa shape index (κ3) is 2.21. The van der Waals surface area contributed by atoms with Crippen molar-refractivity contribution in [1.82, 2.24) is 0 Å². The lowest BCUT2D eigenvalue weighted by Gasteiger charge is -2.13. The first-order valence-electron chi connectivity index (χ1n) is 3.26. The summed E-state index contributed by atoms with van der Waals surface area (Å²) in [5.41, 5.74) is 0. The summed E-state index contributed by atoms with van der Waals surface area (Å²) in [4.78, 5) is 10.1. The lowest BCUT2D eigenvalue weighted by atomic mass is 10.1. The van der Waals surface area contributed by atoms with Crippen LogP contribution in [0.2, 0.25) is 0 Å². The van der Waals surface area contributed by atoms with E-state index < -0.39 is 18.1 Å². The van der Waals surface area contributed by atoms with Gasteiger partial charge in [0.15, 0.2) is 5.92 Å². The van der Waals surface area contributed by atoms with Crippen molar-refractivity contribution < 1.29 is 23.1 Å². The maximum atomic E-state index is 12.2. The van der Waals surface area contributed by atoms with Gasteiger partial charge in [-0.2, -0.15) is 13.2 Å². The largest absolute Gasteiger partial charge is 0.481 e. The molecule has 0 amide bonds. The fourth-order valence-electron chi connectivity index (χ4n) is 0.879. The normalized spacial score (nSPS) is 14.1. The Kier molecular flexibility index (Phi) is 2.60. The van der Waals surface area contributed by atoms with Crippen LogP contribution in [0.5, 0.6) is 0 Å². The van der Waals surface area contributed by atoms with E-state index in [1.54, 1.807) is 0 Å². The Morgan fingerprint density at radius 3 is 2.46 bits per heavy atom. The topological polar surface area (TPSA) is 37.3 Å². The number of hydrogen-bond donors (Lipinski definition) is 1. The van der Waals surface area contributed by atoms with Crippen LogP contribution in [0.15, 0.2) is 17.5 Å². The zero-order chi connectivity index (χ0) is 10.1. The first-order valence-corrected chi connectivity index (χ1v) is 4.14. The van der Waals surface area contributed by atoms with Crippen molar-refractivity contribution in [3.05, 3.63) is 22.4 Å². The van der Waals surface area contributed by atoms with Gasteiger partial charge in [0.1, 0.15) is 0 Å². The van der Waals surface area contributed by atoms with Gasteiger partial charge in [-0.1, -0.05) is 6.07 Å². The van der Waals surface area contributed by atoms with Gasteiger partial charge >= 0.3 is 12.1 Å². The average molecular weight is 210 g/mol. The van der Waals surface area contributed by atoms with Crippen molar-refractivity contribution in [2.75, 3.05) is 0 Å². The predicted molar refractivity (Wildman–Crippen MR) is 40.8 cm³/mol. The molecule has 1 aromatic rings. The van der Waals surface area contributed by atoms with E-state index in [4.69, 9.17) is 5.11 Å². The number of carboxylic acids is 1. The van der Waals surface area contributed by atoms with E-state index >= 15 is 0 Å². The number of halogens is 3. The van der Waals surface area contributed by atoms with Gasteiger partial charge in [0.25, 0.3) is 0 Å². The van der Waals surface area contributed by atoms with E-state index in [0.717, 1.165) is 17.4 Å². The quantitative estimate of drug-likeness (QED) is 0.814. The molecule has 0 radical (unpaired) electrons. The summed E-state index contributed by atoms with van der Waals surface area (Å²) in [5.74, 6) is -4.26. The Labute approximate surface area is 75.6 Å². The molecule has 0 aliphatic heterocycles. The molecule has 0 spiro atoms. The number of carboxylic acid groups (broad SMARTS) is 1. The molecule has 0 saturated carbocycles. The van der Waals surface area contributed by atoms with Crippen molar-refractivity contribution in [2.24, 2.45) is 0 Å². The number of thiophene rings is 1. The van der Waals surface area contributed by atoms with Crippen LogP contribution in [0, 0.1) is 0 Å². The second-order valence-corrected chi connectivity index (χ2v) is 3.31. The van der Waals surface area contributed by atoms with E-state index in [1.165, 1.54) is 11.4 Å². The molecule has 1 rings (SSSR count). The molecular formula is C7H5F3O2S. The first kappa shape index (κ1) is 10.0. The molecule has 0 aliphatic rings. The van der Waals surface area contributed by atoms with Crippen molar-refractivity contribution in [1.29, 1.82) is 0 Å². The average Bonchev–Trinajstić information content (AvgIpc) is 2.34. The van der Waals surface area contributed by atoms with Crippen LogP contribution in [-0.2, 0) is 4.79 Å². The molecule has 72 valence electrons. The van der Waals surface area contributed by atoms with Gasteiger partial charge in [0, 0.05) is 4.88 Å². The molecule has 0 fully saturated rings. The Bertz CT molecular complexity index is 291. The molecule has 13 heavy (non-hydrogen) atoms. The third-order valence-electron chi connectivity index (χ3n) is 1.40. The SMILES string of the molecule is O=C(O)C(c1cccs1)C(F)(F)F. The van der Waals surface area contributed by atoms with Gasteiger partial charge in [-0.05, 0) is 11.4 Å². The minimum absolute atomic E-state index is 0.194. The standard InChI is InChI=1S/C7H5F3O2S/c8-7(9,10)5(6(11)12)4-2-1-3-13-4/h1-3,5H,(H,11,12). The molecule has 0 aliphatic carbocycles. The van der Waals surface area contributed by atoms with Crippen molar-refractivity contribution in [3.63, 3.8) is 0 Å². The summed E-state index contributed by atoms with van der Waals surface area (Å²) in [6.07, 6.45) is -4.73. The summed E-state index contributed by atoms with van der Waals surface area (Å²) < 4.78 is 36.5. The van der Waals surface area contributed by atoms with E-state index in [2.05, 4.69) is 0 Å². The van der Waals surface area contributed by atoms with Gasteiger partial charge < -0.3 is 5.11 Å². The number of carbonyl (C=O) groups is 1. The van der Waals surface area contributed by atoms with Crippen LogP contribution < -0.4 is 0 Å². The summed E-state index contributed by atoms with van der Waals surface area (Å²) >= 11 is 0.785. The molecular weight excluding hydrogens is 205 g/mol. The Hall–Kier alpha value is -1.04. The first-order chi connectivity index (χ1) is 5.93. The monoisotopic (exact) mass is 210 g/mol. The number of aliphatic carboxylic acids is 1. The molecule has 1 heterocycles. The minimum Gasteiger partial charge on any atom is -0.481 e. The second kappa shape index (κ2) is 3.37. The maximum absolute atomic E-state index is 12.2. The third-order valence-corrected chi connectivity index (χ3v) is 2.34. The Balaban J connectivity index is 3.01. The molecule has 0 bridgehead atoms. The van der Waals surface area contributed by atoms with Crippen molar-refractivity contribution in [2.45, 2.75) is 12.1 Å². The van der Waals surface area contributed by atoms with Gasteiger partial charge in [-0.15, -0.1) is 11.3 Å². The highest BCUT2D eigenvalue weighted by atomic mass is 32.1. The summed E-state index contributed by atoms with van der Waals surface area (Å²) in [6.45, 7) is 0. The molecule has 0 saturated heterocycles. The smallest absolute Gasteiger partial charge is 0.407 e. The van der Waals surface area contributed by atoms with Crippen LogP contribution in [0.3, 0.4) is 0 Å². The van der Waals surface area contributed by atoms with E-state index in [-0.39, 0.29) is 4.88 Å². The lowest BCUT2D eigenvalue weighted by molar-refractivity contribution is -0.176. The predicted octanol–water partition coefficient (Wildman–Crippen LogP) is 2.48. The zero-order valence-electron chi connectivity index (χ0n) is 6.21. The van der Waals surface area contributed by atoms with Crippen LogP contribution in [0.25, 0.3) is 0 Å². The molecule has 1 N–H and O–H groups in total. The Morgan fingerprint density at radius 2 is 2.15 bits per heavy atom. The van der Waals surface area contributed by atoms with Gasteiger partial charge in [0.2, 0.25) is 0 Å². The second-order valence-electron chi connectivity index (χ2n) is 2.33. The highest BCUT2D eigenvalue weighted by molar-refractivity contribution is 7.10. The van der Waals surface area contributed by atoms with Crippen molar-refractivity contribution in [3.8, 4) is 0 Å². The van der Waals surface area contributed by atoms with Gasteiger partial charge in [0.05, 0.1) is 0 Å². The maximum Gasteiger partial charge on any atom is 0.407 e. The van der Waals surface area contributed by atoms with Crippen LogP contribution in [-0.4, -0.2) is 17.3 Å². The zero-order valence-corrected chi connectivity index (χ0v) is 7.02. The van der Waals surface area contributed by atoms with Crippen LogP contribution in [0.1, 0.15) is 10.8 Å². The van der Waals surface area contributed by atoms with Gasteiger partial charge in [-0.25, -0.2) is 0 Å². The molecule has 0 aromatic carbocycles. The number of rotatable bonds is 2. The van der Waals surface area contributed by atoms with Crippen LogP contribution >= 0.6 is 11.3 Å². The lowest BCUT2D eigenvalue weighted by Crippen LogP contribution is -2.27. The highest BCUT2D eigenvalue weighted by Crippen LogP contribution is 2.36. The number of hydrogen-bond acceptors (Lipinski definition) is 2. The molecule has 1 unspecified atom stereocenters. The molecule has 2 nitrogen and oxygen atoms in total. The fraction of sp³-hybridized carbons (Fsp3) is 0.286. The summed E-state index contributed by atoms with van der Waals surface area (Å²) in [6, 6.07) is 2.55. The van der Waals surface area contributed by atoms with E-state index in [0.29, 0.717) is 0 Å². The summed E-state index contributed by atoms with van der Waals surface area (Å²) in [5, 5.41) is 9.78. The molecule has 1 atom stereocenters. The van der Waals surface area contributed by atoms with Gasteiger partial charge in [-0.3, -0.25) is 4.79 Å². The summed E-state index contributed by atoms with van der Waals surface area (Å²) in [7, 11) is 0. The Morgan fingerprint density at radius 1 is 1.54 bits per heavy atom. The van der Waals surface area contributed by atoms with E-state index in [1.807, 2.05) is 0 Å².